The van der Waals surface area contributed by atoms with Crippen LogP contribution in [0, 0.1) is 0 Å². The van der Waals surface area contributed by atoms with E-state index in [2.05, 4.69) is 10.6 Å². The van der Waals surface area contributed by atoms with E-state index in [1.54, 1.807) is 13.0 Å². The summed E-state index contributed by atoms with van der Waals surface area (Å²) in [6, 6.07) is 14.3. The average Bonchev–Trinajstić information content (AvgIpc) is 3.13. The standard InChI is InChI=1S/C21H16ClF3N2O2S2/c1-2-29-19(28)14-11-17(12-6-4-3-5-7-12)31-18(14)27-20(30)26-16-9-8-13(22)10-15(16)21(23,24)25/h3-11H,2H2,1H3,(H2,26,27,30). The second-order valence-electron chi connectivity index (χ2n) is 6.21. The van der Waals surface area contributed by atoms with Crippen LogP contribution in [0.15, 0.2) is 54.6 Å². The summed E-state index contributed by atoms with van der Waals surface area (Å²) in [5.74, 6) is -0.561. The van der Waals surface area contributed by atoms with E-state index in [0.717, 1.165) is 16.5 Å². The molecular formula is C21H16ClF3N2O2S2. The fourth-order valence-corrected chi connectivity index (χ4v) is 4.21. The minimum atomic E-state index is -4.62. The van der Waals surface area contributed by atoms with Gasteiger partial charge in [0.15, 0.2) is 5.11 Å². The first-order valence-electron chi connectivity index (χ1n) is 9.00. The van der Waals surface area contributed by atoms with Crippen LogP contribution in [0.2, 0.25) is 5.02 Å². The number of benzene rings is 2. The second-order valence-corrected chi connectivity index (χ2v) is 8.10. The van der Waals surface area contributed by atoms with Crippen molar-refractivity contribution >= 4 is 56.9 Å². The third-order valence-corrected chi connectivity index (χ3v) is 5.59. The van der Waals surface area contributed by atoms with Crippen LogP contribution >= 0.6 is 35.2 Å². The van der Waals surface area contributed by atoms with Gasteiger partial charge in [0.05, 0.1) is 23.4 Å². The SMILES string of the molecule is CCOC(=O)c1cc(-c2ccccc2)sc1NC(=S)Nc1ccc(Cl)cc1C(F)(F)F. The number of anilines is 2. The Balaban J connectivity index is 1.89. The first kappa shape index (κ1) is 23.1. The Labute approximate surface area is 191 Å². The molecule has 0 amide bonds. The molecule has 0 fully saturated rings. The van der Waals surface area contributed by atoms with Crippen LogP contribution in [0.1, 0.15) is 22.8 Å². The van der Waals surface area contributed by atoms with Gasteiger partial charge in [0, 0.05) is 9.90 Å². The minimum Gasteiger partial charge on any atom is -0.462 e. The number of thiophene rings is 1. The lowest BCUT2D eigenvalue weighted by Gasteiger charge is -2.16. The monoisotopic (exact) mass is 484 g/mol. The summed E-state index contributed by atoms with van der Waals surface area (Å²) in [6.07, 6.45) is -4.62. The highest BCUT2D eigenvalue weighted by atomic mass is 35.5. The van der Waals surface area contributed by atoms with Crippen LogP contribution in [-0.4, -0.2) is 17.7 Å². The van der Waals surface area contributed by atoms with Gasteiger partial charge in [-0.15, -0.1) is 11.3 Å². The minimum absolute atomic E-state index is 0.0490. The molecule has 3 rings (SSSR count). The molecular weight excluding hydrogens is 469 g/mol. The molecule has 31 heavy (non-hydrogen) atoms. The van der Waals surface area contributed by atoms with Gasteiger partial charge < -0.3 is 15.4 Å². The van der Waals surface area contributed by atoms with Gasteiger partial charge >= 0.3 is 12.1 Å². The zero-order chi connectivity index (χ0) is 22.6. The summed E-state index contributed by atoms with van der Waals surface area (Å²) < 4.78 is 45.1. The third-order valence-electron chi connectivity index (χ3n) is 4.05. The fraction of sp³-hybridized carbons (Fsp3) is 0.143. The molecule has 0 radical (unpaired) electrons. The summed E-state index contributed by atoms with van der Waals surface area (Å²) in [5.41, 5.74) is -0.0955. The van der Waals surface area contributed by atoms with Crippen molar-refractivity contribution in [3.8, 4) is 10.4 Å². The zero-order valence-electron chi connectivity index (χ0n) is 16.0. The molecule has 0 aliphatic carbocycles. The maximum absolute atomic E-state index is 13.3. The van der Waals surface area contributed by atoms with E-state index in [1.807, 2.05) is 30.3 Å². The summed E-state index contributed by atoms with van der Waals surface area (Å²) in [5, 5.41) is 5.55. The van der Waals surface area contributed by atoms with Crippen molar-refractivity contribution in [1.29, 1.82) is 0 Å². The van der Waals surface area contributed by atoms with E-state index >= 15 is 0 Å². The van der Waals surface area contributed by atoms with Crippen LogP contribution in [0.3, 0.4) is 0 Å². The van der Waals surface area contributed by atoms with Gasteiger partial charge in [-0.3, -0.25) is 0 Å². The molecule has 2 N–H and O–H groups in total. The first-order chi connectivity index (χ1) is 14.7. The maximum atomic E-state index is 13.3. The summed E-state index contributed by atoms with van der Waals surface area (Å²) in [6.45, 7) is 1.86. The van der Waals surface area contributed by atoms with Gasteiger partial charge in [-0.2, -0.15) is 13.2 Å². The van der Waals surface area contributed by atoms with Crippen molar-refractivity contribution in [2.24, 2.45) is 0 Å². The Hall–Kier alpha value is -2.62. The van der Waals surface area contributed by atoms with Gasteiger partial charge in [-0.1, -0.05) is 41.9 Å². The van der Waals surface area contributed by atoms with E-state index in [4.69, 9.17) is 28.6 Å². The zero-order valence-corrected chi connectivity index (χ0v) is 18.4. The molecule has 0 saturated carbocycles. The Morgan fingerprint density at radius 3 is 2.48 bits per heavy atom. The number of rotatable bonds is 5. The van der Waals surface area contributed by atoms with E-state index in [1.165, 1.54) is 23.5 Å². The molecule has 0 aliphatic rings. The van der Waals surface area contributed by atoms with Gasteiger partial charge in [-0.25, -0.2) is 4.79 Å². The van der Waals surface area contributed by atoms with E-state index < -0.39 is 17.7 Å². The predicted molar refractivity (Wildman–Crippen MR) is 122 cm³/mol. The Bertz CT molecular complexity index is 1100. The summed E-state index contributed by atoms with van der Waals surface area (Å²) in [7, 11) is 0. The number of hydrogen-bond donors (Lipinski definition) is 2. The highest BCUT2D eigenvalue weighted by Gasteiger charge is 2.34. The van der Waals surface area contributed by atoms with Crippen LogP contribution in [0.4, 0.5) is 23.9 Å². The molecule has 0 unspecified atom stereocenters. The number of carbonyl (C=O) groups excluding carboxylic acids is 1. The molecule has 0 bridgehead atoms. The number of thiocarbonyl (C=S) groups is 1. The topological polar surface area (TPSA) is 50.4 Å². The van der Waals surface area contributed by atoms with Crippen molar-refractivity contribution < 1.29 is 22.7 Å². The van der Waals surface area contributed by atoms with Crippen molar-refractivity contribution in [3.63, 3.8) is 0 Å². The quantitative estimate of drug-likeness (QED) is 0.299. The van der Waals surface area contributed by atoms with Crippen LogP contribution in [0.25, 0.3) is 10.4 Å². The number of ether oxygens (including phenoxy) is 1. The fourth-order valence-electron chi connectivity index (χ4n) is 2.71. The number of hydrogen-bond acceptors (Lipinski definition) is 4. The lowest BCUT2D eigenvalue weighted by Crippen LogP contribution is -2.22. The van der Waals surface area contributed by atoms with Crippen LogP contribution in [0.5, 0.6) is 0 Å². The largest absolute Gasteiger partial charge is 0.462 e. The molecule has 10 heteroatoms. The molecule has 3 aromatic rings. The molecule has 2 aromatic carbocycles. The van der Waals surface area contributed by atoms with Crippen LogP contribution in [-0.2, 0) is 10.9 Å². The highest BCUT2D eigenvalue weighted by molar-refractivity contribution is 7.80. The molecule has 0 spiro atoms. The van der Waals surface area contributed by atoms with Crippen LogP contribution < -0.4 is 10.6 Å². The predicted octanol–water partition coefficient (Wildman–Crippen LogP) is 7.07. The molecule has 1 heterocycles. The van der Waals surface area contributed by atoms with E-state index in [9.17, 15) is 18.0 Å². The molecule has 1 aromatic heterocycles. The van der Waals surface area contributed by atoms with Gasteiger partial charge in [0.2, 0.25) is 0 Å². The smallest absolute Gasteiger partial charge is 0.418 e. The molecule has 0 saturated heterocycles. The van der Waals surface area contributed by atoms with Gasteiger partial charge in [-0.05, 0) is 49.0 Å². The number of nitrogens with one attached hydrogen (secondary N) is 2. The lowest BCUT2D eigenvalue weighted by atomic mass is 10.1. The molecule has 162 valence electrons. The highest BCUT2D eigenvalue weighted by Crippen LogP contribution is 2.38. The average molecular weight is 485 g/mol. The number of esters is 1. The Kier molecular flexibility index (Phi) is 7.19. The Morgan fingerprint density at radius 2 is 1.84 bits per heavy atom. The van der Waals surface area contributed by atoms with E-state index in [-0.39, 0.29) is 28.0 Å². The number of halogens is 4. The van der Waals surface area contributed by atoms with Crippen molar-refractivity contribution in [2.75, 3.05) is 17.2 Å². The van der Waals surface area contributed by atoms with Gasteiger partial charge in [0.1, 0.15) is 5.00 Å². The maximum Gasteiger partial charge on any atom is 0.418 e. The molecule has 0 atom stereocenters. The molecule has 4 nitrogen and oxygen atoms in total. The summed E-state index contributed by atoms with van der Waals surface area (Å²) in [4.78, 5) is 13.2. The first-order valence-corrected chi connectivity index (χ1v) is 10.6. The van der Waals surface area contributed by atoms with Crippen molar-refractivity contribution in [1.82, 2.24) is 0 Å². The third kappa shape index (κ3) is 5.75. The number of alkyl halides is 3. The van der Waals surface area contributed by atoms with Crippen molar-refractivity contribution in [2.45, 2.75) is 13.1 Å². The number of carbonyl (C=O) groups is 1. The second kappa shape index (κ2) is 9.67. The normalized spacial score (nSPS) is 11.1. The van der Waals surface area contributed by atoms with E-state index in [0.29, 0.717) is 5.00 Å². The summed E-state index contributed by atoms with van der Waals surface area (Å²) >= 11 is 12.1. The molecule has 0 aliphatic heterocycles. The Morgan fingerprint density at radius 1 is 1.13 bits per heavy atom. The van der Waals surface area contributed by atoms with Gasteiger partial charge in [0.25, 0.3) is 0 Å². The van der Waals surface area contributed by atoms with Crippen molar-refractivity contribution in [3.05, 3.63) is 70.7 Å². The lowest BCUT2D eigenvalue weighted by molar-refractivity contribution is -0.136.